The number of aromatic carboxylic acids is 1. The van der Waals surface area contributed by atoms with Crippen LogP contribution in [0.15, 0.2) is 30.3 Å². The fourth-order valence-electron chi connectivity index (χ4n) is 1.83. The molecule has 0 saturated heterocycles. The van der Waals surface area contributed by atoms with Crippen LogP contribution in [0.25, 0.3) is 0 Å². The third kappa shape index (κ3) is 2.92. The highest BCUT2D eigenvalue weighted by Gasteiger charge is 2.14. The Bertz CT molecular complexity index is 766. The first kappa shape index (κ1) is 14.3. The minimum atomic E-state index is -1.38. The van der Waals surface area contributed by atoms with E-state index in [1.165, 1.54) is 0 Å². The summed E-state index contributed by atoms with van der Waals surface area (Å²) in [6.07, 6.45) is 0. The number of hydrogen-bond donors (Lipinski definition) is 3. The van der Waals surface area contributed by atoms with Crippen molar-refractivity contribution in [3.05, 3.63) is 52.8 Å². The number of nitrogen functional groups attached to an aromatic ring is 1. The first-order chi connectivity index (χ1) is 9.92. The molecule has 21 heavy (non-hydrogen) atoms. The first-order valence-corrected chi connectivity index (χ1v) is 6.02. The molecule has 0 amide bonds. The number of carboxylic acids is 1. The standard InChI is InChI=1S/C15H12FN3O2/c1-8-2-3-9(7-17)4-13(8)19-14-6-11(16)10(15(20)21)5-12(14)18/h2-6,19H,18H2,1H3,(H,20,21). The molecule has 2 aromatic carbocycles. The Morgan fingerprint density at radius 1 is 1.33 bits per heavy atom. The largest absolute Gasteiger partial charge is 0.478 e. The van der Waals surface area contributed by atoms with Crippen molar-refractivity contribution in [2.24, 2.45) is 0 Å². The molecule has 2 aromatic rings. The Labute approximate surface area is 120 Å². The van der Waals surface area contributed by atoms with Gasteiger partial charge in [0.05, 0.1) is 28.6 Å². The molecule has 4 N–H and O–H groups in total. The van der Waals surface area contributed by atoms with E-state index < -0.39 is 17.3 Å². The number of nitrogens with one attached hydrogen (secondary N) is 1. The number of carboxylic acid groups (broad SMARTS) is 1. The number of nitrogens with two attached hydrogens (primary N) is 1. The molecule has 0 heterocycles. The van der Waals surface area contributed by atoms with Crippen molar-refractivity contribution in [2.75, 3.05) is 11.1 Å². The molecular formula is C15H12FN3O2. The summed E-state index contributed by atoms with van der Waals surface area (Å²) in [5.74, 6) is -2.26. The van der Waals surface area contributed by atoms with Crippen LogP contribution in [0, 0.1) is 24.1 Å². The average Bonchev–Trinajstić information content (AvgIpc) is 2.44. The fourth-order valence-corrected chi connectivity index (χ4v) is 1.83. The van der Waals surface area contributed by atoms with E-state index >= 15 is 0 Å². The SMILES string of the molecule is Cc1ccc(C#N)cc1Nc1cc(F)c(C(=O)O)cc1N. The molecule has 0 unspecified atom stereocenters. The second-order valence-corrected chi connectivity index (χ2v) is 4.49. The molecule has 0 fully saturated rings. The van der Waals surface area contributed by atoms with Gasteiger partial charge < -0.3 is 16.2 Å². The first-order valence-electron chi connectivity index (χ1n) is 6.02. The van der Waals surface area contributed by atoms with E-state index in [-0.39, 0.29) is 11.4 Å². The van der Waals surface area contributed by atoms with E-state index in [9.17, 15) is 9.18 Å². The van der Waals surface area contributed by atoms with Crippen molar-refractivity contribution in [1.82, 2.24) is 0 Å². The molecule has 6 heteroatoms. The van der Waals surface area contributed by atoms with Gasteiger partial charge in [0.1, 0.15) is 5.82 Å². The lowest BCUT2D eigenvalue weighted by Gasteiger charge is -2.13. The normalized spacial score (nSPS) is 9.95. The summed E-state index contributed by atoms with van der Waals surface area (Å²) >= 11 is 0. The van der Waals surface area contributed by atoms with Gasteiger partial charge in [-0.2, -0.15) is 5.26 Å². The zero-order chi connectivity index (χ0) is 15.6. The molecule has 0 aliphatic rings. The number of aryl methyl sites for hydroxylation is 1. The average molecular weight is 285 g/mol. The van der Waals surface area contributed by atoms with E-state index in [0.29, 0.717) is 11.3 Å². The van der Waals surface area contributed by atoms with Gasteiger partial charge in [0.15, 0.2) is 0 Å². The van der Waals surface area contributed by atoms with Gasteiger partial charge in [0.2, 0.25) is 0 Å². The molecule has 0 atom stereocenters. The van der Waals surface area contributed by atoms with Crippen molar-refractivity contribution in [3.8, 4) is 6.07 Å². The van der Waals surface area contributed by atoms with Gasteiger partial charge in [0, 0.05) is 11.8 Å². The Kier molecular flexibility index (Phi) is 3.76. The number of hydrogen-bond acceptors (Lipinski definition) is 4. The number of nitrogens with zero attached hydrogens (tertiary/aromatic N) is 1. The number of benzene rings is 2. The van der Waals surface area contributed by atoms with Gasteiger partial charge in [-0.15, -0.1) is 0 Å². The van der Waals surface area contributed by atoms with E-state index in [0.717, 1.165) is 17.7 Å². The fraction of sp³-hybridized carbons (Fsp3) is 0.0667. The summed E-state index contributed by atoms with van der Waals surface area (Å²) in [7, 11) is 0. The van der Waals surface area contributed by atoms with E-state index in [1.54, 1.807) is 18.2 Å². The van der Waals surface area contributed by atoms with Crippen LogP contribution in [0.1, 0.15) is 21.5 Å². The molecule has 0 spiro atoms. The van der Waals surface area contributed by atoms with E-state index in [2.05, 4.69) is 5.32 Å². The third-order valence-electron chi connectivity index (χ3n) is 3.01. The quantitative estimate of drug-likeness (QED) is 0.753. The molecule has 0 aliphatic heterocycles. The smallest absolute Gasteiger partial charge is 0.338 e. The summed E-state index contributed by atoms with van der Waals surface area (Å²) in [5, 5.41) is 20.6. The van der Waals surface area contributed by atoms with Crippen LogP contribution in [0.5, 0.6) is 0 Å². The number of rotatable bonds is 3. The molecule has 2 rings (SSSR count). The maximum absolute atomic E-state index is 13.7. The molecule has 0 saturated carbocycles. The minimum Gasteiger partial charge on any atom is -0.478 e. The van der Waals surface area contributed by atoms with Crippen molar-refractivity contribution in [1.29, 1.82) is 5.26 Å². The predicted octanol–water partition coefficient (Wildman–Crippen LogP) is 3.03. The van der Waals surface area contributed by atoms with Crippen molar-refractivity contribution < 1.29 is 14.3 Å². The van der Waals surface area contributed by atoms with Crippen molar-refractivity contribution >= 4 is 23.0 Å². The van der Waals surface area contributed by atoms with Gasteiger partial charge in [-0.3, -0.25) is 0 Å². The molecular weight excluding hydrogens is 273 g/mol. The second kappa shape index (κ2) is 5.51. The topological polar surface area (TPSA) is 99.1 Å². The van der Waals surface area contributed by atoms with Gasteiger partial charge >= 0.3 is 5.97 Å². The second-order valence-electron chi connectivity index (χ2n) is 4.49. The maximum Gasteiger partial charge on any atom is 0.338 e. The van der Waals surface area contributed by atoms with Crippen LogP contribution in [-0.2, 0) is 0 Å². The summed E-state index contributed by atoms with van der Waals surface area (Å²) in [6.45, 7) is 1.82. The van der Waals surface area contributed by atoms with Crippen LogP contribution in [-0.4, -0.2) is 11.1 Å². The molecule has 106 valence electrons. The highest BCUT2D eigenvalue weighted by atomic mass is 19.1. The van der Waals surface area contributed by atoms with Crippen molar-refractivity contribution in [3.63, 3.8) is 0 Å². The molecule has 0 aliphatic carbocycles. The summed E-state index contributed by atoms with van der Waals surface area (Å²) in [6, 6.07) is 9.11. The number of carbonyl (C=O) groups is 1. The van der Waals surface area contributed by atoms with Gasteiger partial charge in [-0.05, 0) is 30.7 Å². The Morgan fingerprint density at radius 2 is 2.05 bits per heavy atom. The zero-order valence-electron chi connectivity index (χ0n) is 11.1. The Balaban J connectivity index is 2.43. The molecule has 0 radical (unpaired) electrons. The lowest BCUT2D eigenvalue weighted by Crippen LogP contribution is -2.05. The molecule has 0 aromatic heterocycles. The van der Waals surface area contributed by atoms with Crippen LogP contribution in [0.2, 0.25) is 0 Å². The van der Waals surface area contributed by atoms with Crippen LogP contribution in [0.3, 0.4) is 0 Å². The van der Waals surface area contributed by atoms with Gasteiger partial charge in [0.25, 0.3) is 0 Å². The lowest BCUT2D eigenvalue weighted by molar-refractivity contribution is 0.0692. The third-order valence-corrected chi connectivity index (χ3v) is 3.01. The number of nitriles is 1. The van der Waals surface area contributed by atoms with E-state index in [1.807, 2.05) is 13.0 Å². The minimum absolute atomic E-state index is 0.107. The van der Waals surface area contributed by atoms with Crippen LogP contribution < -0.4 is 11.1 Å². The predicted molar refractivity (Wildman–Crippen MR) is 76.9 cm³/mol. The molecule has 0 bridgehead atoms. The van der Waals surface area contributed by atoms with Gasteiger partial charge in [-0.1, -0.05) is 6.07 Å². The van der Waals surface area contributed by atoms with Crippen molar-refractivity contribution in [2.45, 2.75) is 6.92 Å². The van der Waals surface area contributed by atoms with Gasteiger partial charge in [-0.25, -0.2) is 9.18 Å². The summed E-state index contributed by atoms with van der Waals surface area (Å²) in [5.41, 5.74) is 7.50. The Hall–Kier alpha value is -3.07. The van der Waals surface area contributed by atoms with Crippen LogP contribution >= 0.6 is 0 Å². The zero-order valence-corrected chi connectivity index (χ0v) is 11.1. The van der Waals surface area contributed by atoms with Crippen LogP contribution in [0.4, 0.5) is 21.5 Å². The highest BCUT2D eigenvalue weighted by Crippen LogP contribution is 2.28. The molecule has 5 nitrogen and oxygen atoms in total. The number of halogens is 1. The summed E-state index contributed by atoms with van der Waals surface area (Å²) in [4.78, 5) is 10.8. The maximum atomic E-state index is 13.7. The monoisotopic (exact) mass is 285 g/mol. The lowest BCUT2D eigenvalue weighted by atomic mass is 10.1. The summed E-state index contributed by atoms with van der Waals surface area (Å²) < 4.78 is 13.7. The highest BCUT2D eigenvalue weighted by molar-refractivity contribution is 5.91. The number of anilines is 3. The van der Waals surface area contributed by atoms with E-state index in [4.69, 9.17) is 16.1 Å². The Morgan fingerprint density at radius 3 is 2.67 bits per heavy atom.